The number of fused-ring (bicyclic) bond motifs is 1. The first-order valence-corrected chi connectivity index (χ1v) is 10.1. The van der Waals surface area contributed by atoms with Crippen LogP contribution >= 0.6 is 0 Å². The van der Waals surface area contributed by atoms with Gasteiger partial charge in [0.15, 0.2) is 5.69 Å². The number of rotatable bonds is 3. The van der Waals surface area contributed by atoms with Crippen LogP contribution in [0.4, 0.5) is 0 Å². The number of hydrogen-bond acceptors (Lipinski definition) is 0. The topological polar surface area (TPSA) is 3.88 Å². The summed E-state index contributed by atoms with van der Waals surface area (Å²) in [6.07, 6.45) is 1.13. The van der Waals surface area contributed by atoms with E-state index >= 15 is 0 Å². The summed E-state index contributed by atoms with van der Waals surface area (Å²) >= 11 is 0. The van der Waals surface area contributed by atoms with Crippen molar-refractivity contribution in [1.82, 2.24) is 0 Å². The summed E-state index contributed by atoms with van der Waals surface area (Å²) in [5.74, 6) is 0.675. The van der Waals surface area contributed by atoms with Crippen LogP contribution in [0.2, 0.25) is 0 Å². The van der Waals surface area contributed by atoms with E-state index in [1.807, 2.05) is 0 Å². The SMILES string of the molecule is Cc1ccc(C(C)(C)C)cc1-c1c2ccc(CC(C)C)cc2cc(C)[n+]1C. The Balaban J connectivity index is 2.29. The third-order valence-electron chi connectivity index (χ3n) is 5.60. The predicted octanol–water partition coefficient (Wildman–Crippen LogP) is 6.44. The van der Waals surface area contributed by atoms with Crippen LogP contribution in [0.1, 0.15) is 57.0 Å². The molecule has 0 amide bonds. The molecule has 1 aromatic heterocycles. The molecule has 27 heavy (non-hydrogen) atoms. The normalized spacial score (nSPS) is 12.2. The lowest BCUT2D eigenvalue weighted by atomic mass is 9.84. The van der Waals surface area contributed by atoms with E-state index in [0.29, 0.717) is 5.92 Å². The molecule has 2 aromatic carbocycles. The minimum absolute atomic E-state index is 0.144. The standard InChI is InChI=1S/C26H34N/c1-17(2)13-20-10-12-23-21(15-20)14-19(4)27(8)25(23)24-16-22(26(5,6)7)11-9-18(24)3/h9-12,14-17H,13H2,1-8H3/q+1. The van der Waals surface area contributed by atoms with Crippen LogP contribution in [0, 0.1) is 19.8 Å². The molecule has 3 aromatic rings. The Kier molecular flexibility index (Phi) is 5.16. The largest absolute Gasteiger partial charge is 0.220 e. The van der Waals surface area contributed by atoms with Gasteiger partial charge in [-0.3, -0.25) is 0 Å². The Hall–Kier alpha value is -2.15. The highest BCUT2D eigenvalue weighted by Crippen LogP contribution is 2.33. The van der Waals surface area contributed by atoms with Gasteiger partial charge >= 0.3 is 0 Å². The second-order valence-electron chi connectivity index (χ2n) is 9.49. The molecule has 0 bridgehead atoms. The molecular weight excluding hydrogens is 326 g/mol. The number of nitrogens with zero attached hydrogens (tertiary/aromatic N) is 1. The molecule has 0 atom stereocenters. The summed E-state index contributed by atoms with van der Waals surface area (Å²) in [6, 6.07) is 16.3. The first-order chi connectivity index (χ1) is 12.6. The van der Waals surface area contributed by atoms with Gasteiger partial charge in [0, 0.05) is 13.0 Å². The van der Waals surface area contributed by atoms with Crippen LogP contribution in [-0.4, -0.2) is 0 Å². The Morgan fingerprint density at radius 3 is 2.26 bits per heavy atom. The van der Waals surface area contributed by atoms with E-state index in [9.17, 15) is 0 Å². The Morgan fingerprint density at radius 1 is 0.926 bits per heavy atom. The molecule has 0 aliphatic heterocycles. The molecule has 142 valence electrons. The highest BCUT2D eigenvalue weighted by molar-refractivity contribution is 5.94. The molecular formula is C26H34N+. The third kappa shape index (κ3) is 3.93. The molecule has 0 unspecified atom stereocenters. The van der Waals surface area contributed by atoms with E-state index < -0.39 is 0 Å². The van der Waals surface area contributed by atoms with Gasteiger partial charge in [0.1, 0.15) is 7.05 Å². The van der Waals surface area contributed by atoms with Gasteiger partial charge in [0.25, 0.3) is 0 Å². The first-order valence-electron chi connectivity index (χ1n) is 10.1. The number of aryl methyl sites for hydroxylation is 2. The van der Waals surface area contributed by atoms with Crippen LogP contribution in [0.3, 0.4) is 0 Å². The maximum Gasteiger partial charge on any atom is 0.220 e. The van der Waals surface area contributed by atoms with E-state index in [0.717, 1.165) is 6.42 Å². The van der Waals surface area contributed by atoms with Gasteiger partial charge in [0.05, 0.1) is 10.9 Å². The fourth-order valence-corrected chi connectivity index (χ4v) is 3.89. The lowest BCUT2D eigenvalue weighted by Gasteiger charge is -2.21. The van der Waals surface area contributed by atoms with Crippen molar-refractivity contribution in [2.24, 2.45) is 13.0 Å². The summed E-state index contributed by atoms with van der Waals surface area (Å²) in [6.45, 7) is 15.9. The van der Waals surface area contributed by atoms with E-state index in [1.54, 1.807) is 0 Å². The highest BCUT2D eigenvalue weighted by atomic mass is 14.9. The highest BCUT2D eigenvalue weighted by Gasteiger charge is 2.22. The summed E-state index contributed by atoms with van der Waals surface area (Å²) in [7, 11) is 2.19. The van der Waals surface area contributed by atoms with Crippen LogP contribution in [0.15, 0.2) is 42.5 Å². The average molecular weight is 361 g/mol. The monoisotopic (exact) mass is 360 g/mol. The Morgan fingerprint density at radius 2 is 1.63 bits per heavy atom. The van der Waals surface area contributed by atoms with Crippen LogP contribution < -0.4 is 4.57 Å². The Labute approximate surface area is 165 Å². The molecule has 0 aliphatic carbocycles. The second-order valence-corrected chi connectivity index (χ2v) is 9.49. The lowest BCUT2D eigenvalue weighted by molar-refractivity contribution is -0.665. The molecule has 0 spiro atoms. The molecule has 1 heteroatoms. The van der Waals surface area contributed by atoms with Gasteiger partial charge in [-0.2, -0.15) is 4.57 Å². The summed E-state index contributed by atoms with van der Waals surface area (Å²) in [5, 5.41) is 2.68. The van der Waals surface area contributed by atoms with E-state index in [2.05, 4.69) is 103 Å². The van der Waals surface area contributed by atoms with Gasteiger partial charge in [-0.25, -0.2) is 0 Å². The zero-order valence-electron chi connectivity index (χ0n) is 18.3. The van der Waals surface area contributed by atoms with Crippen molar-refractivity contribution < 1.29 is 4.57 Å². The van der Waals surface area contributed by atoms with E-state index in [-0.39, 0.29) is 5.41 Å². The molecule has 0 saturated carbocycles. The quantitative estimate of drug-likeness (QED) is 0.473. The number of benzene rings is 2. The van der Waals surface area contributed by atoms with Crippen molar-refractivity contribution in [3.05, 3.63) is 64.8 Å². The van der Waals surface area contributed by atoms with Crippen molar-refractivity contribution in [2.45, 2.75) is 60.3 Å². The fraction of sp³-hybridized carbons (Fsp3) is 0.423. The number of hydrogen-bond donors (Lipinski definition) is 0. The van der Waals surface area contributed by atoms with Crippen molar-refractivity contribution in [1.29, 1.82) is 0 Å². The lowest BCUT2D eigenvalue weighted by Crippen LogP contribution is -2.35. The smallest absolute Gasteiger partial charge is 0.198 e. The maximum atomic E-state index is 2.39. The van der Waals surface area contributed by atoms with Gasteiger partial charge < -0.3 is 0 Å². The van der Waals surface area contributed by atoms with Gasteiger partial charge in [-0.05, 0) is 58.9 Å². The maximum absolute atomic E-state index is 2.39. The Bertz CT molecular complexity index is 987. The van der Waals surface area contributed by atoms with Crippen molar-refractivity contribution in [3.8, 4) is 11.3 Å². The van der Waals surface area contributed by atoms with Gasteiger partial charge in [0.2, 0.25) is 5.69 Å². The number of aromatic nitrogens is 1. The zero-order chi connectivity index (χ0) is 19.9. The first kappa shape index (κ1) is 19.6. The fourth-order valence-electron chi connectivity index (χ4n) is 3.89. The summed E-state index contributed by atoms with van der Waals surface area (Å²) in [4.78, 5) is 0. The van der Waals surface area contributed by atoms with Gasteiger partial charge in [-0.15, -0.1) is 0 Å². The van der Waals surface area contributed by atoms with E-state index in [4.69, 9.17) is 0 Å². The summed E-state index contributed by atoms with van der Waals surface area (Å²) in [5.41, 5.74) is 8.24. The van der Waals surface area contributed by atoms with Crippen LogP contribution in [0.5, 0.6) is 0 Å². The molecule has 0 radical (unpaired) electrons. The predicted molar refractivity (Wildman–Crippen MR) is 117 cm³/mol. The molecule has 1 heterocycles. The molecule has 3 rings (SSSR count). The molecule has 0 aliphatic rings. The number of pyridine rings is 1. The minimum Gasteiger partial charge on any atom is -0.198 e. The third-order valence-corrected chi connectivity index (χ3v) is 5.60. The second kappa shape index (κ2) is 7.11. The van der Waals surface area contributed by atoms with Crippen molar-refractivity contribution in [2.75, 3.05) is 0 Å². The molecule has 1 nitrogen and oxygen atoms in total. The van der Waals surface area contributed by atoms with E-state index in [1.165, 1.54) is 44.4 Å². The van der Waals surface area contributed by atoms with Gasteiger partial charge in [-0.1, -0.05) is 58.9 Å². The minimum atomic E-state index is 0.144. The molecule has 0 N–H and O–H groups in total. The van der Waals surface area contributed by atoms with Crippen molar-refractivity contribution in [3.63, 3.8) is 0 Å². The van der Waals surface area contributed by atoms with Crippen LogP contribution in [0.25, 0.3) is 22.0 Å². The molecule has 0 fully saturated rings. The summed E-state index contributed by atoms with van der Waals surface area (Å²) < 4.78 is 2.35. The zero-order valence-corrected chi connectivity index (χ0v) is 18.3. The van der Waals surface area contributed by atoms with Crippen LogP contribution in [-0.2, 0) is 18.9 Å². The average Bonchev–Trinajstić information content (AvgIpc) is 2.55. The molecule has 0 saturated heterocycles. The van der Waals surface area contributed by atoms with Crippen molar-refractivity contribution >= 4 is 10.8 Å².